The number of aromatic nitrogens is 2. The van der Waals surface area contributed by atoms with Gasteiger partial charge in [0.15, 0.2) is 11.5 Å². The number of nitrogens with zero attached hydrogens (tertiary/aromatic N) is 5. The summed E-state index contributed by atoms with van der Waals surface area (Å²) in [5, 5.41) is 1.12. The Kier molecular flexibility index (Phi) is 7.16. The lowest BCUT2D eigenvalue weighted by Gasteiger charge is -2.30. The van der Waals surface area contributed by atoms with Gasteiger partial charge in [-0.05, 0) is 84.2 Å². The van der Waals surface area contributed by atoms with Gasteiger partial charge in [0.05, 0.1) is 24.9 Å². The highest BCUT2D eigenvalue weighted by atomic mass is 16.5. The van der Waals surface area contributed by atoms with Crippen molar-refractivity contribution < 1.29 is 9.47 Å². The normalized spacial score (nSPS) is 20.7. The van der Waals surface area contributed by atoms with Crippen LogP contribution in [0.4, 0.5) is 5.95 Å². The SMILES string of the molecule is COc1cc2c(C3CCN(C)CC3)nc(N3CCCC3)nc2cc1OCCCN1CCCC1. The van der Waals surface area contributed by atoms with E-state index in [9.17, 15) is 0 Å². The molecule has 1 aromatic heterocycles. The molecule has 0 radical (unpaired) electrons. The van der Waals surface area contributed by atoms with Crippen molar-refractivity contribution in [2.75, 3.05) is 71.5 Å². The molecule has 0 spiro atoms. The highest BCUT2D eigenvalue weighted by molar-refractivity contribution is 5.86. The van der Waals surface area contributed by atoms with E-state index in [2.05, 4.69) is 33.9 Å². The van der Waals surface area contributed by atoms with Crippen molar-refractivity contribution in [2.45, 2.75) is 50.9 Å². The first-order chi connectivity index (χ1) is 16.2. The Bertz CT molecular complexity index is 932. The van der Waals surface area contributed by atoms with Crippen LogP contribution < -0.4 is 14.4 Å². The number of hydrogen-bond acceptors (Lipinski definition) is 7. The Morgan fingerprint density at radius 2 is 1.64 bits per heavy atom. The molecule has 1 aromatic carbocycles. The minimum atomic E-state index is 0.463. The lowest BCUT2D eigenvalue weighted by atomic mass is 9.91. The summed E-state index contributed by atoms with van der Waals surface area (Å²) >= 11 is 0. The van der Waals surface area contributed by atoms with Crippen molar-refractivity contribution >= 4 is 16.9 Å². The molecule has 2 aromatic rings. The molecule has 0 unspecified atom stereocenters. The van der Waals surface area contributed by atoms with Crippen molar-refractivity contribution in [3.8, 4) is 11.5 Å². The molecule has 0 amide bonds. The maximum Gasteiger partial charge on any atom is 0.226 e. The predicted molar refractivity (Wildman–Crippen MR) is 133 cm³/mol. The minimum Gasteiger partial charge on any atom is -0.493 e. The molecule has 3 aliphatic rings. The zero-order chi connectivity index (χ0) is 22.6. The molecule has 0 aliphatic carbocycles. The highest BCUT2D eigenvalue weighted by Crippen LogP contribution is 2.38. The summed E-state index contributed by atoms with van der Waals surface area (Å²) < 4.78 is 12.0. The number of benzene rings is 1. The minimum absolute atomic E-state index is 0.463. The first-order valence-electron chi connectivity index (χ1n) is 12.9. The first-order valence-corrected chi connectivity index (χ1v) is 12.9. The van der Waals surface area contributed by atoms with Crippen LogP contribution in [0.25, 0.3) is 10.9 Å². The third-order valence-corrected chi connectivity index (χ3v) is 7.57. The van der Waals surface area contributed by atoms with Crippen molar-refractivity contribution in [3.63, 3.8) is 0 Å². The second-order valence-electron chi connectivity index (χ2n) is 9.95. The summed E-state index contributed by atoms with van der Waals surface area (Å²) in [4.78, 5) is 17.5. The molecule has 0 atom stereocenters. The summed E-state index contributed by atoms with van der Waals surface area (Å²) in [6.07, 6.45) is 8.41. The van der Waals surface area contributed by atoms with Crippen LogP contribution in [0.15, 0.2) is 12.1 Å². The van der Waals surface area contributed by atoms with Crippen molar-refractivity contribution in [1.29, 1.82) is 0 Å². The first kappa shape index (κ1) is 22.7. The highest BCUT2D eigenvalue weighted by Gasteiger charge is 2.26. The fourth-order valence-electron chi connectivity index (χ4n) is 5.55. The number of anilines is 1. The number of piperidine rings is 1. The lowest BCUT2D eigenvalue weighted by molar-refractivity contribution is 0.253. The number of ether oxygens (including phenoxy) is 2. The van der Waals surface area contributed by atoms with E-state index in [4.69, 9.17) is 19.4 Å². The maximum absolute atomic E-state index is 6.23. The zero-order valence-electron chi connectivity index (χ0n) is 20.4. The molecule has 3 aliphatic heterocycles. The molecule has 7 heteroatoms. The molecule has 0 saturated carbocycles. The topological polar surface area (TPSA) is 54.0 Å². The maximum atomic E-state index is 6.23. The third-order valence-electron chi connectivity index (χ3n) is 7.57. The van der Waals surface area contributed by atoms with Crippen LogP contribution in [0, 0.1) is 0 Å². The van der Waals surface area contributed by atoms with Crippen LogP contribution in [0.1, 0.15) is 56.6 Å². The Hall–Kier alpha value is -2.12. The van der Waals surface area contributed by atoms with Gasteiger partial charge in [0, 0.05) is 37.0 Å². The van der Waals surface area contributed by atoms with Gasteiger partial charge in [0.1, 0.15) is 0 Å². The van der Waals surface area contributed by atoms with Crippen LogP contribution in [-0.2, 0) is 0 Å². The van der Waals surface area contributed by atoms with E-state index in [1.165, 1.54) is 44.5 Å². The number of methoxy groups -OCH3 is 1. The van der Waals surface area contributed by atoms with E-state index in [0.717, 1.165) is 80.3 Å². The van der Waals surface area contributed by atoms with Gasteiger partial charge in [-0.2, -0.15) is 0 Å². The standard InChI is InChI=1S/C26H39N5O2/c1-29-15-8-20(9-16-29)25-21-18-23(32-2)24(33-17-7-12-30-10-3-4-11-30)19-22(21)27-26(28-25)31-13-5-6-14-31/h18-20H,3-17H2,1-2H3. The van der Waals surface area contributed by atoms with Crippen molar-refractivity contribution in [3.05, 3.63) is 17.8 Å². The third kappa shape index (κ3) is 5.19. The quantitative estimate of drug-likeness (QED) is 0.562. The second kappa shape index (κ2) is 10.4. The monoisotopic (exact) mass is 453 g/mol. The number of fused-ring (bicyclic) bond motifs is 1. The largest absolute Gasteiger partial charge is 0.493 e. The molecule has 7 nitrogen and oxygen atoms in total. The van der Waals surface area contributed by atoms with Crippen LogP contribution in [0.5, 0.6) is 11.5 Å². The van der Waals surface area contributed by atoms with Gasteiger partial charge in [-0.1, -0.05) is 0 Å². The summed E-state index contributed by atoms with van der Waals surface area (Å²) in [6, 6.07) is 4.20. The number of hydrogen-bond donors (Lipinski definition) is 0. The average molecular weight is 454 g/mol. The second-order valence-corrected chi connectivity index (χ2v) is 9.95. The van der Waals surface area contributed by atoms with Crippen LogP contribution >= 0.6 is 0 Å². The molecule has 33 heavy (non-hydrogen) atoms. The van der Waals surface area contributed by atoms with Gasteiger partial charge in [-0.25, -0.2) is 9.97 Å². The smallest absolute Gasteiger partial charge is 0.226 e. The number of rotatable bonds is 8. The van der Waals surface area contributed by atoms with Crippen molar-refractivity contribution in [1.82, 2.24) is 19.8 Å². The van der Waals surface area contributed by atoms with Crippen molar-refractivity contribution in [2.24, 2.45) is 0 Å². The van der Waals surface area contributed by atoms with E-state index in [1.54, 1.807) is 7.11 Å². The predicted octanol–water partition coefficient (Wildman–Crippen LogP) is 3.91. The Labute approximate surface area is 198 Å². The molecule has 180 valence electrons. The Balaban J connectivity index is 1.42. The average Bonchev–Trinajstić information content (AvgIpc) is 3.56. The fraction of sp³-hybridized carbons (Fsp3) is 0.692. The molecule has 4 heterocycles. The van der Waals surface area contributed by atoms with Gasteiger partial charge < -0.3 is 24.2 Å². The Morgan fingerprint density at radius 1 is 0.909 bits per heavy atom. The van der Waals surface area contributed by atoms with Crippen LogP contribution in [0.3, 0.4) is 0 Å². The van der Waals surface area contributed by atoms with E-state index < -0.39 is 0 Å². The van der Waals surface area contributed by atoms with Gasteiger partial charge in [-0.3, -0.25) is 0 Å². The summed E-state index contributed by atoms with van der Waals surface area (Å²) in [6.45, 7) is 8.60. The summed E-state index contributed by atoms with van der Waals surface area (Å²) in [7, 11) is 3.94. The van der Waals surface area contributed by atoms with E-state index in [1.807, 2.05) is 0 Å². The molecular weight excluding hydrogens is 414 g/mol. The molecule has 3 fully saturated rings. The van der Waals surface area contributed by atoms with E-state index in [-0.39, 0.29) is 0 Å². The van der Waals surface area contributed by atoms with E-state index in [0.29, 0.717) is 12.5 Å². The molecule has 0 bridgehead atoms. The van der Waals surface area contributed by atoms with Gasteiger partial charge in [0.25, 0.3) is 0 Å². The zero-order valence-corrected chi connectivity index (χ0v) is 20.4. The number of likely N-dealkylation sites (tertiary alicyclic amines) is 2. The van der Waals surface area contributed by atoms with Gasteiger partial charge >= 0.3 is 0 Å². The lowest BCUT2D eigenvalue weighted by Crippen LogP contribution is -2.30. The van der Waals surface area contributed by atoms with Gasteiger partial charge in [0.2, 0.25) is 5.95 Å². The molecule has 0 N–H and O–H groups in total. The molecule has 3 saturated heterocycles. The summed E-state index contributed by atoms with van der Waals surface area (Å²) in [5.41, 5.74) is 2.17. The molecular formula is C26H39N5O2. The summed E-state index contributed by atoms with van der Waals surface area (Å²) in [5.74, 6) is 2.94. The van der Waals surface area contributed by atoms with Gasteiger partial charge in [-0.15, -0.1) is 0 Å². The Morgan fingerprint density at radius 3 is 2.36 bits per heavy atom. The molecule has 5 rings (SSSR count). The van der Waals surface area contributed by atoms with E-state index >= 15 is 0 Å². The fourth-order valence-corrected chi connectivity index (χ4v) is 5.55. The van der Waals surface area contributed by atoms with Crippen LogP contribution in [0.2, 0.25) is 0 Å². The van der Waals surface area contributed by atoms with Crippen LogP contribution in [-0.4, -0.2) is 86.3 Å².